The zero-order valence-electron chi connectivity index (χ0n) is 18.5. The van der Waals surface area contributed by atoms with Gasteiger partial charge in [0.2, 0.25) is 5.91 Å². The highest BCUT2D eigenvalue weighted by molar-refractivity contribution is 7.92. The summed E-state index contributed by atoms with van der Waals surface area (Å²) in [6, 6.07) is 19.7. The number of nitrogens with zero attached hydrogens (tertiary/aromatic N) is 1. The molecule has 0 aliphatic carbocycles. The third-order valence-electron chi connectivity index (χ3n) is 4.96. The van der Waals surface area contributed by atoms with Gasteiger partial charge in [0, 0.05) is 18.3 Å². The number of sulfonamides is 1. The van der Waals surface area contributed by atoms with Crippen molar-refractivity contribution in [1.82, 2.24) is 0 Å². The zero-order valence-corrected chi connectivity index (χ0v) is 19.3. The quantitative estimate of drug-likeness (QED) is 0.475. The molecule has 3 aromatic carbocycles. The van der Waals surface area contributed by atoms with Crippen molar-refractivity contribution in [3.8, 4) is 0 Å². The minimum atomic E-state index is -3.83. The fourth-order valence-corrected chi connectivity index (χ4v) is 4.14. The highest BCUT2D eigenvalue weighted by Crippen LogP contribution is 2.22. The van der Waals surface area contributed by atoms with E-state index in [0.717, 1.165) is 4.31 Å². The van der Waals surface area contributed by atoms with E-state index < -0.39 is 33.9 Å². The second kappa shape index (κ2) is 10.2. The molecule has 0 spiro atoms. The van der Waals surface area contributed by atoms with Gasteiger partial charge in [0.1, 0.15) is 0 Å². The molecule has 34 heavy (non-hydrogen) atoms. The van der Waals surface area contributed by atoms with Crippen LogP contribution in [-0.4, -0.2) is 39.4 Å². The molecule has 0 heterocycles. The maximum atomic E-state index is 12.8. The summed E-state index contributed by atoms with van der Waals surface area (Å²) in [5.74, 6) is -1.96. The number of rotatable bonds is 8. The average molecular weight is 482 g/mol. The highest BCUT2D eigenvalue weighted by Gasteiger charge is 2.23. The Morgan fingerprint density at radius 1 is 0.882 bits per heavy atom. The van der Waals surface area contributed by atoms with Gasteiger partial charge in [-0.25, -0.2) is 13.2 Å². The number of carbonyl (C=O) groups excluding carboxylic acids is 3. The Labute approximate surface area is 197 Å². The molecule has 176 valence electrons. The molecule has 3 N–H and O–H groups in total. The summed E-state index contributed by atoms with van der Waals surface area (Å²) in [6.07, 6.45) is -1.13. The van der Waals surface area contributed by atoms with Crippen LogP contribution in [0.3, 0.4) is 0 Å². The zero-order chi connectivity index (χ0) is 24.9. The first kappa shape index (κ1) is 24.5. The van der Waals surface area contributed by atoms with Gasteiger partial charge in [0.25, 0.3) is 15.9 Å². The van der Waals surface area contributed by atoms with Crippen LogP contribution < -0.4 is 15.4 Å². The number of carbonyl (C=O) groups is 3. The van der Waals surface area contributed by atoms with E-state index in [2.05, 4.69) is 5.32 Å². The number of nitrogens with one attached hydrogen (secondary N) is 1. The molecule has 3 aromatic rings. The van der Waals surface area contributed by atoms with Gasteiger partial charge in [-0.1, -0.05) is 18.2 Å². The molecule has 10 heteroatoms. The lowest BCUT2D eigenvalue weighted by molar-refractivity contribution is -0.123. The molecule has 0 aliphatic rings. The Morgan fingerprint density at radius 2 is 1.44 bits per heavy atom. The Bertz CT molecular complexity index is 1290. The van der Waals surface area contributed by atoms with Crippen LogP contribution >= 0.6 is 0 Å². The first-order chi connectivity index (χ1) is 16.1. The molecule has 0 saturated carbocycles. The molecule has 0 aromatic heterocycles. The predicted octanol–water partition coefficient (Wildman–Crippen LogP) is 2.79. The monoisotopic (exact) mass is 481 g/mol. The number of ether oxygens (including phenoxy) is 1. The topological polar surface area (TPSA) is 136 Å². The summed E-state index contributed by atoms with van der Waals surface area (Å²) >= 11 is 0. The summed E-state index contributed by atoms with van der Waals surface area (Å²) in [4.78, 5) is 35.9. The summed E-state index contributed by atoms with van der Waals surface area (Å²) in [6.45, 7) is 1.40. The van der Waals surface area contributed by atoms with Gasteiger partial charge in [0.15, 0.2) is 6.10 Å². The Hall–Kier alpha value is -4.18. The van der Waals surface area contributed by atoms with Crippen molar-refractivity contribution >= 4 is 39.2 Å². The third kappa shape index (κ3) is 5.59. The van der Waals surface area contributed by atoms with Crippen LogP contribution in [0, 0.1) is 0 Å². The number of anilines is 2. The van der Waals surface area contributed by atoms with E-state index in [-0.39, 0.29) is 16.0 Å². The summed E-state index contributed by atoms with van der Waals surface area (Å²) in [7, 11) is -2.39. The van der Waals surface area contributed by atoms with Gasteiger partial charge in [-0.15, -0.1) is 0 Å². The van der Waals surface area contributed by atoms with Crippen molar-refractivity contribution in [2.24, 2.45) is 5.73 Å². The van der Waals surface area contributed by atoms with Crippen LogP contribution in [0.5, 0.6) is 0 Å². The number of esters is 1. The Morgan fingerprint density at radius 3 is 2.00 bits per heavy atom. The van der Waals surface area contributed by atoms with Crippen LogP contribution in [0.25, 0.3) is 0 Å². The number of hydrogen-bond acceptors (Lipinski definition) is 6. The van der Waals surface area contributed by atoms with E-state index in [1.54, 1.807) is 30.3 Å². The fraction of sp³-hybridized carbons (Fsp3) is 0.125. The van der Waals surface area contributed by atoms with Gasteiger partial charge in [0.05, 0.1) is 16.1 Å². The normalized spacial score (nSPS) is 11.8. The summed E-state index contributed by atoms with van der Waals surface area (Å²) in [5, 5.41) is 2.57. The standard InChI is InChI=1S/C24H23N3O6S/c1-16(23(29)26-19-12-8-17(9-13-19)22(25)28)33-24(30)18-10-14-21(15-11-18)34(31,32)27(2)20-6-4-3-5-7-20/h3-16H,1-2H3,(H2,25,28)(H,26,29). The third-order valence-corrected chi connectivity index (χ3v) is 6.76. The average Bonchev–Trinajstić information content (AvgIpc) is 2.84. The van der Waals surface area contributed by atoms with Gasteiger partial charge in [-0.3, -0.25) is 13.9 Å². The maximum absolute atomic E-state index is 12.8. The summed E-state index contributed by atoms with van der Waals surface area (Å²) in [5.41, 5.74) is 6.45. The smallest absolute Gasteiger partial charge is 0.338 e. The summed E-state index contributed by atoms with van der Waals surface area (Å²) < 4.78 is 32.0. The van der Waals surface area contributed by atoms with Crippen molar-refractivity contribution in [2.45, 2.75) is 17.9 Å². The Kier molecular flexibility index (Phi) is 7.32. The SMILES string of the molecule is CC(OC(=O)c1ccc(S(=O)(=O)N(C)c2ccccc2)cc1)C(=O)Nc1ccc(C(N)=O)cc1. The lowest BCUT2D eigenvalue weighted by Crippen LogP contribution is -2.30. The van der Waals surface area contributed by atoms with E-state index in [9.17, 15) is 22.8 Å². The molecule has 3 rings (SSSR count). The number of primary amides is 1. The minimum absolute atomic E-state index is 0.000558. The van der Waals surface area contributed by atoms with Crippen molar-refractivity contribution in [2.75, 3.05) is 16.7 Å². The number of benzene rings is 3. The van der Waals surface area contributed by atoms with Crippen LogP contribution in [0.1, 0.15) is 27.6 Å². The molecule has 0 saturated heterocycles. The van der Waals surface area contributed by atoms with Crippen molar-refractivity contribution in [3.05, 3.63) is 90.0 Å². The van der Waals surface area contributed by atoms with E-state index in [1.165, 1.54) is 62.5 Å². The van der Waals surface area contributed by atoms with Crippen molar-refractivity contribution < 1.29 is 27.5 Å². The largest absolute Gasteiger partial charge is 0.449 e. The van der Waals surface area contributed by atoms with E-state index in [4.69, 9.17) is 10.5 Å². The number of amides is 2. The van der Waals surface area contributed by atoms with Crippen LogP contribution in [0.2, 0.25) is 0 Å². The fourth-order valence-electron chi connectivity index (χ4n) is 2.94. The molecule has 9 nitrogen and oxygen atoms in total. The van der Waals surface area contributed by atoms with Crippen LogP contribution in [-0.2, 0) is 19.6 Å². The second-order valence-electron chi connectivity index (χ2n) is 7.31. The first-order valence-electron chi connectivity index (χ1n) is 10.2. The van der Waals surface area contributed by atoms with Gasteiger partial charge < -0.3 is 15.8 Å². The second-order valence-corrected chi connectivity index (χ2v) is 9.28. The van der Waals surface area contributed by atoms with E-state index >= 15 is 0 Å². The van der Waals surface area contributed by atoms with E-state index in [1.807, 2.05) is 0 Å². The number of nitrogens with two attached hydrogens (primary N) is 1. The minimum Gasteiger partial charge on any atom is -0.449 e. The van der Waals surface area contributed by atoms with Crippen LogP contribution in [0.15, 0.2) is 83.8 Å². The van der Waals surface area contributed by atoms with Gasteiger partial charge in [-0.05, 0) is 67.6 Å². The molecule has 2 amide bonds. The number of hydrogen-bond donors (Lipinski definition) is 2. The predicted molar refractivity (Wildman–Crippen MR) is 127 cm³/mol. The molecular formula is C24H23N3O6S. The molecule has 0 aliphatic heterocycles. The lowest BCUT2D eigenvalue weighted by Gasteiger charge is -2.19. The number of para-hydroxylation sites is 1. The van der Waals surface area contributed by atoms with Crippen LogP contribution in [0.4, 0.5) is 11.4 Å². The molecule has 0 fully saturated rings. The molecule has 0 radical (unpaired) electrons. The first-order valence-corrected chi connectivity index (χ1v) is 11.6. The van der Waals surface area contributed by atoms with E-state index in [0.29, 0.717) is 11.4 Å². The van der Waals surface area contributed by atoms with Crippen molar-refractivity contribution in [3.63, 3.8) is 0 Å². The molecular weight excluding hydrogens is 458 g/mol. The van der Waals surface area contributed by atoms with Gasteiger partial charge >= 0.3 is 5.97 Å². The molecule has 1 unspecified atom stereocenters. The lowest BCUT2D eigenvalue weighted by atomic mass is 10.2. The van der Waals surface area contributed by atoms with Gasteiger partial charge in [-0.2, -0.15) is 0 Å². The molecule has 1 atom stereocenters. The maximum Gasteiger partial charge on any atom is 0.338 e. The highest BCUT2D eigenvalue weighted by atomic mass is 32.2. The Balaban J connectivity index is 1.63. The van der Waals surface area contributed by atoms with Crippen molar-refractivity contribution in [1.29, 1.82) is 0 Å². The molecule has 0 bridgehead atoms.